The van der Waals surface area contributed by atoms with Crippen molar-refractivity contribution in [3.8, 4) is 11.4 Å². The smallest absolute Gasteiger partial charge is 0.295 e. The summed E-state index contributed by atoms with van der Waals surface area (Å²) in [6.07, 6.45) is 9.05. The number of aryl methyl sites for hydroxylation is 2. The molecule has 9 nitrogen and oxygen atoms in total. The molecular weight excluding hydrogens is 472 g/mol. The predicted molar refractivity (Wildman–Crippen MR) is 145 cm³/mol. The van der Waals surface area contributed by atoms with Crippen LogP contribution in [0.25, 0.3) is 22.6 Å². The maximum atomic E-state index is 13.7. The highest BCUT2D eigenvalue weighted by molar-refractivity contribution is 7.96. The van der Waals surface area contributed by atoms with Crippen LogP contribution in [0.2, 0.25) is 0 Å². The van der Waals surface area contributed by atoms with Crippen LogP contribution in [-0.4, -0.2) is 59.7 Å². The van der Waals surface area contributed by atoms with Gasteiger partial charge in [0.25, 0.3) is 5.56 Å². The van der Waals surface area contributed by atoms with Crippen molar-refractivity contribution in [3.63, 3.8) is 0 Å². The summed E-state index contributed by atoms with van der Waals surface area (Å²) >= 11 is 1.81. The molecule has 0 aromatic carbocycles. The van der Waals surface area contributed by atoms with Gasteiger partial charge >= 0.3 is 0 Å². The van der Waals surface area contributed by atoms with E-state index in [1.807, 2.05) is 13.8 Å². The van der Waals surface area contributed by atoms with Gasteiger partial charge < -0.3 is 5.32 Å². The highest BCUT2D eigenvalue weighted by Crippen LogP contribution is 2.43. The van der Waals surface area contributed by atoms with Crippen molar-refractivity contribution >= 4 is 28.9 Å². The van der Waals surface area contributed by atoms with Crippen molar-refractivity contribution in [3.05, 3.63) is 33.8 Å². The number of hydrogen-bond donors (Lipinski definition) is 1. The van der Waals surface area contributed by atoms with Crippen LogP contribution in [0.3, 0.4) is 0 Å². The van der Waals surface area contributed by atoms with E-state index in [2.05, 4.69) is 39.7 Å². The second kappa shape index (κ2) is 10.4. The number of aromatic nitrogens is 6. The van der Waals surface area contributed by atoms with E-state index >= 15 is 0 Å². The van der Waals surface area contributed by atoms with Crippen molar-refractivity contribution in [2.24, 2.45) is 5.92 Å². The Labute approximate surface area is 216 Å². The predicted octanol–water partition coefficient (Wildman–Crippen LogP) is 4.51. The zero-order chi connectivity index (χ0) is 25.4. The Bertz CT molecular complexity index is 1310. The molecule has 10 heteroatoms. The lowest BCUT2D eigenvalue weighted by molar-refractivity contribution is 0.302. The number of nitrogens with zero attached hydrogens (tertiary/aromatic N) is 7. The van der Waals surface area contributed by atoms with Gasteiger partial charge in [0.1, 0.15) is 11.8 Å². The van der Waals surface area contributed by atoms with E-state index in [1.165, 1.54) is 0 Å². The lowest BCUT2D eigenvalue weighted by Crippen LogP contribution is -2.33. The Hall–Kier alpha value is -2.59. The van der Waals surface area contributed by atoms with Gasteiger partial charge in [-0.05, 0) is 65.0 Å². The number of piperidine rings is 1. The van der Waals surface area contributed by atoms with Crippen molar-refractivity contribution < 1.29 is 0 Å². The van der Waals surface area contributed by atoms with E-state index in [4.69, 9.17) is 15.0 Å². The normalized spacial score (nSPS) is 18.0. The maximum absolute atomic E-state index is 13.7. The molecule has 3 aromatic heterocycles. The molecule has 0 unspecified atom stereocenters. The maximum Gasteiger partial charge on any atom is 0.295 e. The molecule has 36 heavy (non-hydrogen) atoms. The Morgan fingerprint density at radius 1 is 1.08 bits per heavy atom. The molecule has 4 heterocycles. The fraction of sp³-hybridized carbons (Fsp3) is 0.615. The Kier molecular flexibility index (Phi) is 7.25. The first-order valence-electron chi connectivity index (χ1n) is 13.1. The summed E-state index contributed by atoms with van der Waals surface area (Å²) in [6, 6.07) is -0.0217. The van der Waals surface area contributed by atoms with Crippen LogP contribution < -0.4 is 10.9 Å². The lowest BCUT2D eigenvalue weighted by atomic mass is 9.98. The van der Waals surface area contributed by atoms with Crippen molar-refractivity contribution in [2.75, 3.05) is 31.2 Å². The third-order valence-corrected chi connectivity index (χ3v) is 8.47. The molecule has 0 radical (unpaired) electrons. The van der Waals surface area contributed by atoms with Gasteiger partial charge in [0.2, 0.25) is 0 Å². The fourth-order valence-corrected chi connectivity index (χ4v) is 5.59. The van der Waals surface area contributed by atoms with E-state index in [1.54, 1.807) is 22.8 Å². The average molecular weight is 509 g/mol. The first kappa shape index (κ1) is 25.1. The van der Waals surface area contributed by atoms with Gasteiger partial charge in [-0.1, -0.05) is 18.9 Å². The molecule has 2 fully saturated rings. The van der Waals surface area contributed by atoms with Crippen LogP contribution in [0.15, 0.2) is 11.1 Å². The van der Waals surface area contributed by atoms with Crippen molar-refractivity contribution in [1.29, 1.82) is 0 Å². The van der Waals surface area contributed by atoms with E-state index in [0.29, 0.717) is 34.6 Å². The van der Waals surface area contributed by atoms with Crippen molar-refractivity contribution in [2.45, 2.75) is 71.8 Å². The third-order valence-electron chi connectivity index (χ3n) is 7.59. The van der Waals surface area contributed by atoms with Crippen LogP contribution in [0.4, 0.5) is 5.82 Å². The molecule has 1 saturated heterocycles. The summed E-state index contributed by atoms with van der Waals surface area (Å²) in [6.45, 7) is 11.0. The summed E-state index contributed by atoms with van der Waals surface area (Å²) in [5.74, 6) is 1.95. The SMILES string of the molecule is CC[C@@H](C)n1c(=O)c(NCC2CCN(SC)CC2)nc2c(C)nc(-c3c(C)ncnc3C3CC3)nc21. The minimum atomic E-state index is -0.120. The molecule has 1 aliphatic carbocycles. The van der Waals surface area contributed by atoms with Crippen LogP contribution in [0.1, 0.15) is 75.0 Å². The summed E-state index contributed by atoms with van der Waals surface area (Å²) < 4.78 is 4.20. The molecule has 0 amide bonds. The fourth-order valence-electron chi connectivity index (χ4n) is 5.01. The molecule has 192 valence electrons. The summed E-state index contributed by atoms with van der Waals surface area (Å²) in [5.41, 5.74) is 4.66. The molecule has 1 N–H and O–H groups in total. The molecular formula is C26H36N8OS. The molecule has 1 aliphatic heterocycles. The Balaban J connectivity index is 1.56. The molecule has 5 rings (SSSR count). The zero-order valence-electron chi connectivity index (χ0n) is 21.9. The van der Waals surface area contributed by atoms with Gasteiger partial charge in [-0.15, -0.1) is 0 Å². The van der Waals surface area contributed by atoms with E-state index < -0.39 is 0 Å². The minimum Gasteiger partial charge on any atom is -0.365 e. The molecule has 0 bridgehead atoms. The summed E-state index contributed by atoms with van der Waals surface area (Å²) in [5, 5.41) is 3.40. The van der Waals surface area contributed by atoms with E-state index in [9.17, 15) is 4.79 Å². The second-order valence-electron chi connectivity index (χ2n) is 10.1. The van der Waals surface area contributed by atoms with E-state index in [0.717, 1.165) is 74.4 Å². The van der Waals surface area contributed by atoms with Crippen LogP contribution >= 0.6 is 11.9 Å². The largest absolute Gasteiger partial charge is 0.365 e. The monoisotopic (exact) mass is 508 g/mol. The molecule has 3 aromatic rings. The summed E-state index contributed by atoms with van der Waals surface area (Å²) in [7, 11) is 0. The minimum absolute atomic E-state index is 0.0217. The Morgan fingerprint density at radius 3 is 2.50 bits per heavy atom. The number of hydrogen-bond acceptors (Lipinski definition) is 9. The standard InChI is InChI=1S/C26H36N8OS/c1-6-15(2)34-25-21(31-24(26(34)35)27-13-18-9-11-33(36-5)12-10-18)17(4)30-23(32-25)20-16(3)28-14-29-22(20)19-7-8-19/h14-15,18-19H,6-13H2,1-5H3,(H,27,31)/t15-/m1/s1. The quantitative estimate of drug-likeness (QED) is 0.440. The lowest BCUT2D eigenvalue weighted by Gasteiger charge is -2.30. The van der Waals surface area contributed by atoms with Gasteiger partial charge in [0, 0.05) is 31.6 Å². The number of rotatable bonds is 8. The zero-order valence-corrected chi connectivity index (χ0v) is 22.7. The van der Waals surface area contributed by atoms with Gasteiger partial charge in [-0.25, -0.2) is 24.9 Å². The Morgan fingerprint density at radius 2 is 1.83 bits per heavy atom. The summed E-state index contributed by atoms with van der Waals surface area (Å²) in [4.78, 5) is 37.3. The number of anilines is 1. The number of nitrogens with one attached hydrogen (secondary N) is 1. The first-order valence-corrected chi connectivity index (χ1v) is 14.2. The first-order chi connectivity index (χ1) is 17.4. The van der Waals surface area contributed by atoms with E-state index in [-0.39, 0.29) is 11.6 Å². The van der Waals surface area contributed by atoms with Gasteiger partial charge in [0.15, 0.2) is 17.3 Å². The van der Waals surface area contributed by atoms with Crippen molar-refractivity contribution in [1.82, 2.24) is 33.8 Å². The van der Waals surface area contributed by atoms with Crippen LogP contribution in [-0.2, 0) is 0 Å². The third kappa shape index (κ3) is 4.85. The van der Waals surface area contributed by atoms with Gasteiger partial charge in [-0.2, -0.15) is 0 Å². The topological polar surface area (TPSA) is 102 Å². The van der Waals surface area contributed by atoms with Gasteiger partial charge in [0.05, 0.1) is 22.6 Å². The molecule has 0 spiro atoms. The van der Waals surface area contributed by atoms with Crippen LogP contribution in [0, 0.1) is 19.8 Å². The van der Waals surface area contributed by atoms with Crippen LogP contribution in [0.5, 0.6) is 0 Å². The molecule has 1 saturated carbocycles. The highest BCUT2D eigenvalue weighted by atomic mass is 32.2. The molecule has 1 atom stereocenters. The number of fused-ring (bicyclic) bond motifs is 1. The molecule has 2 aliphatic rings. The van der Waals surface area contributed by atoms with Gasteiger partial charge in [-0.3, -0.25) is 13.7 Å². The second-order valence-corrected chi connectivity index (χ2v) is 11.0. The highest BCUT2D eigenvalue weighted by Gasteiger charge is 2.31. The average Bonchev–Trinajstić information content (AvgIpc) is 3.73.